The summed E-state index contributed by atoms with van der Waals surface area (Å²) in [5, 5.41) is 0. The summed E-state index contributed by atoms with van der Waals surface area (Å²) < 4.78 is 10.4. The van der Waals surface area contributed by atoms with Crippen LogP contribution in [0.25, 0.3) is 0 Å². The molecule has 1 rings (SSSR count). The summed E-state index contributed by atoms with van der Waals surface area (Å²) in [4.78, 5) is 11.1. The van der Waals surface area contributed by atoms with E-state index in [0.717, 1.165) is 12.0 Å². The van der Waals surface area contributed by atoms with E-state index in [4.69, 9.17) is 4.74 Å². The molecule has 1 unspecified atom stereocenters. The lowest BCUT2D eigenvalue weighted by atomic mass is 10.1. The third kappa shape index (κ3) is 5.64. The van der Waals surface area contributed by atoms with Crippen LogP contribution in [0.5, 0.6) is 0 Å². The summed E-state index contributed by atoms with van der Waals surface area (Å²) in [6.45, 7) is 4.26. The van der Waals surface area contributed by atoms with Gasteiger partial charge in [-0.15, -0.1) is 6.58 Å². The van der Waals surface area contributed by atoms with Crippen LogP contribution in [0.4, 0.5) is 0 Å². The van der Waals surface area contributed by atoms with Crippen molar-refractivity contribution in [3.05, 3.63) is 48.6 Å². The summed E-state index contributed by atoms with van der Waals surface area (Å²) in [6, 6.07) is 9.98. The Morgan fingerprint density at radius 2 is 2.11 bits per heavy atom. The molecule has 0 aromatic heterocycles. The molecule has 0 aliphatic heterocycles. The van der Waals surface area contributed by atoms with Crippen molar-refractivity contribution >= 4 is 5.97 Å². The molecule has 0 spiro atoms. The Morgan fingerprint density at radius 3 is 2.72 bits per heavy atom. The number of esters is 1. The molecule has 0 amide bonds. The molecule has 0 fully saturated rings. The molecule has 0 aliphatic rings. The van der Waals surface area contributed by atoms with Crippen LogP contribution in [0.3, 0.4) is 0 Å². The van der Waals surface area contributed by atoms with Gasteiger partial charge in [0.15, 0.2) is 0 Å². The molecule has 1 atom stereocenters. The minimum atomic E-state index is -0.202. The quantitative estimate of drug-likeness (QED) is 0.524. The van der Waals surface area contributed by atoms with Crippen LogP contribution >= 0.6 is 0 Å². The van der Waals surface area contributed by atoms with Gasteiger partial charge in [-0.2, -0.15) is 0 Å². The molecule has 0 saturated carbocycles. The van der Waals surface area contributed by atoms with E-state index in [9.17, 15) is 4.79 Å². The zero-order chi connectivity index (χ0) is 13.2. The highest BCUT2D eigenvalue weighted by Gasteiger charge is 2.10. The Hall–Kier alpha value is -1.61. The van der Waals surface area contributed by atoms with E-state index in [1.807, 2.05) is 36.4 Å². The number of benzene rings is 1. The van der Waals surface area contributed by atoms with Gasteiger partial charge >= 0.3 is 5.97 Å². The SMILES string of the molecule is C=CCC(CCC(=O)OC)OCc1ccccc1. The lowest BCUT2D eigenvalue weighted by Gasteiger charge is -2.15. The van der Waals surface area contributed by atoms with Gasteiger partial charge in [0, 0.05) is 6.42 Å². The number of methoxy groups -OCH3 is 1. The second-order valence-electron chi connectivity index (χ2n) is 4.06. The number of carbonyl (C=O) groups is 1. The van der Waals surface area contributed by atoms with Gasteiger partial charge in [0.2, 0.25) is 0 Å². The standard InChI is InChI=1S/C15H20O3/c1-3-7-14(10-11-15(16)17-2)18-12-13-8-5-4-6-9-13/h3-6,8-9,14H,1,7,10-12H2,2H3. The van der Waals surface area contributed by atoms with Crippen LogP contribution < -0.4 is 0 Å². The summed E-state index contributed by atoms with van der Waals surface area (Å²) in [5.41, 5.74) is 1.13. The summed E-state index contributed by atoms with van der Waals surface area (Å²) >= 11 is 0. The summed E-state index contributed by atoms with van der Waals surface area (Å²) in [7, 11) is 1.40. The van der Waals surface area contributed by atoms with Crippen molar-refractivity contribution in [3.8, 4) is 0 Å². The van der Waals surface area contributed by atoms with Crippen molar-refractivity contribution in [1.29, 1.82) is 0 Å². The van der Waals surface area contributed by atoms with E-state index in [-0.39, 0.29) is 12.1 Å². The Morgan fingerprint density at radius 1 is 1.39 bits per heavy atom. The first kappa shape index (κ1) is 14.5. The maximum absolute atomic E-state index is 11.1. The van der Waals surface area contributed by atoms with Gasteiger partial charge in [-0.05, 0) is 18.4 Å². The fraction of sp³-hybridized carbons (Fsp3) is 0.400. The Labute approximate surface area is 108 Å². The van der Waals surface area contributed by atoms with E-state index in [1.54, 1.807) is 0 Å². The smallest absolute Gasteiger partial charge is 0.305 e. The second-order valence-corrected chi connectivity index (χ2v) is 4.06. The molecule has 0 aliphatic carbocycles. The maximum atomic E-state index is 11.1. The number of ether oxygens (including phenoxy) is 2. The second kappa shape index (κ2) is 8.48. The number of hydrogen-bond acceptors (Lipinski definition) is 3. The van der Waals surface area contributed by atoms with E-state index in [1.165, 1.54) is 7.11 Å². The zero-order valence-corrected chi connectivity index (χ0v) is 10.8. The summed E-state index contributed by atoms with van der Waals surface area (Å²) in [5.74, 6) is -0.202. The third-order valence-electron chi connectivity index (χ3n) is 2.66. The average molecular weight is 248 g/mol. The lowest BCUT2D eigenvalue weighted by molar-refractivity contribution is -0.141. The van der Waals surface area contributed by atoms with Gasteiger partial charge in [0.25, 0.3) is 0 Å². The third-order valence-corrected chi connectivity index (χ3v) is 2.66. The summed E-state index contributed by atoms with van der Waals surface area (Å²) in [6.07, 6.45) is 3.60. The van der Waals surface area contributed by atoms with Crippen LogP contribution in [0.15, 0.2) is 43.0 Å². The molecule has 3 heteroatoms. The zero-order valence-electron chi connectivity index (χ0n) is 10.8. The minimum absolute atomic E-state index is 0.0156. The van der Waals surface area contributed by atoms with Crippen LogP contribution in [-0.4, -0.2) is 19.2 Å². The first-order chi connectivity index (χ1) is 8.76. The minimum Gasteiger partial charge on any atom is -0.469 e. The Kier molecular flexibility index (Phi) is 6.81. The molecule has 0 N–H and O–H groups in total. The molecular formula is C15H20O3. The van der Waals surface area contributed by atoms with E-state index >= 15 is 0 Å². The molecular weight excluding hydrogens is 228 g/mol. The fourth-order valence-corrected chi connectivity index (χ4v) is 1.62. The van der Waals surface area contributed by atoms with Crippen LogP contribution in [0.1, 0.15) is 24.8 Å². The van der Waals surface area contributed by atoms with E-state index in [2.05, 4.69) is 11.3 Å². The van der Waals surface area contributed by atoms with E-state index < -0.39 is 0 Å². The van der Waals surface area contributed by atoms with Crippen LogP contribution in [-0.2, 0) is 20.9 Å². The van der Waals surface area contributed by atoms with Crippen LogP contribution in [0.2, 0.25) is 0 Å². The Balaban J connectivity index is 2.37. The largest absolute Gasteiger partial charge is 0.469 e. The predicted molar refractivity (Wildman–Crippen MR) is 71.1 cm³/mol. The fourth-order valence-electron chi connectivity index (χ4n) is 1.62. The molecule has 3 nitrogen and oxygen atoms in total. The first-order valence-electron chi connectivity index (χ1n) is 6.09. The van der Waals surface area contributed by atoms with Crippen molar-refractivity contribution in [3.63, 3.8) is 0 Å². The molecule has 0 heterocycles. The van der Waals surface area contributed by atoms with Gasteiger partial charge in [0.05, 0.1) is 19.8 Å². The van der Waals surface area contributed by atoms with Crippen molar-refractivity contribution in [2.24, 2.45) is 0 Å². The van der Waals surface area contributed by atoms with Gasteiger partial charge in [-0.25, -0.2) is 0 Å². The van der Waals surface area contributed by atoms with Crippen molar-refractivity contribution < 1.29 is 14.3 Å². The normalized spacial score (nSPS) is 11.8. The predicted octanol–water partition coefficient (Wildman–Crippen LogP) is 3.10. The average Bonchev–Trinajstić information content (AvgIpc) is 2.42. The molecule has 0 bridgehead atoms. The topological polar surface area (TPSA) is 35.5 Å². The molecule has 18 heavy (non-hydrogen) atoms. The highest BCUT2D eigenvalue weighted by Crippen LogP contribution is 2.11. The number of carbonyl (C=O) groups excluding carboxylic acids is 1. The van der Waals surface area contributed by atoms with Gasteiger partial charge in [0.1, 0.15) is 0 Å². The lowest BCUT2D eigenvalue weighted by Crippen LogP contribution is -2.14. The molecule has 1 aromatic carbocycles. The maximum Gasteiger partial charge on any atom is 0.305 e. The Bertz CT molecular complexity index is 359. The van der Waals surface area contributed by atoms with E-state index in [0.29, 0.717) is 19.4 Å². The van der Waals surface area contributed by atoms with Crippen molar-refractivity contribution in [2.45, 2.75) is 32.0 Å². The molecule has 98 valence electrons. The highest BCUT2D eigenvalue weighted by molar-refractivity contribution is 5.69. The number of rotatable bonds is 8. The van der Waals surface area contributed by atoms with Gasteiger partial charge in [-0.3, -0.25) is 4.79 Å². The highest BCUT2D eigenvalue weighted by atomic mass is 16.5. The van der Waals surface area contributed by atoms with Crippen molar-refractivity contribution in [1.82, 2.24) is 0 Å². The molecule has 0 saturated heterocycles. The van der Waals surface area contributed by atoms with Crippen molar-refractivity contribution in [2.75, 3.05) is 7.11 Å². The molecule has 0 radical (unpaired) electrons. The van der Waals surface area contributed by atoms with Crippen LogP contribution in [0, 0.1) is 0 Å². The molecule has 1 aromatic rings. The first-order valence-corrected chi connectivity index (χ1v) is 6.09. The number of hydrogen-bond donors (Lipinski definition) is 0. The van der Waals surface area contributed by atoms with Gasteiger partial charge in [-0.1, -0.05) is 36.4 Å². The van der Waals surface area contributed by atoms with Gasteiger partial charge < -0.3 is 9.47 Å². The monoisotopic (exact) mass is 248 g/mol.